The molecule has 0 aliphatic heterocycles. The number of hydrogen-bond acceptors (Lipinski definition) is 1. The molecule has 0 rings (SSSR count). The van der Waals surface area contributed by atoms with Gasteiger partial charge in [0.25, 0.3) is 0 Å². The minimum absolute atomic E-state index is 0. The summed E-state index contributed by atoms with van der Waals surface area (Å²) in [5.74, 6) is 0. The molecule has 0 radical (unpaired) electrons. The van der Waals surface area contributed by atoms with E-state index in [9.17, 15) is 0 Å². The first-order valence-corrected chi connectivity index (χ1v) is 4.31. The van der Waals surface area contributed by atoms with E-state index >= 15 is 0 Å². The SMILES string of the molecule is C=CC[N+](CC)(CC)CC=C.I.N.[I-]. The highest BCUT2D eigenvalue weighted by molar-refractivity contribution is 14.0. The van der Waals surface area contributed by atoms with E-state index in [1.807, 2.05) is 12.2 Å². The summed E-state index contributed by atoms with van der Waals surface area (Å²) >= 11 is 0. The molecule has 0 fully saturated rings. The largest absolute Gasteiger partial charge is 1.00 e. The van der Waals surface area contributed by atoms with Crippen molar-refractivity contribution in [1.29, 1.82) is 0 Å². The lowest BCUT2D eigenvalue weighted by molar-refractivity contribution is -0.914. The third-order valence-corrected chi connectivity index (χ3v) is 2.37. The van der Waals surface area contributed by atoms with Crippen LogP contribution in [0, 0.1) is 0 Å². The molecule has 0 saturated heterocycles. The van der Waals surface area contributed by atoms with Gasteiger partial charge in [0.05, 0.1) is 26.2 Å². The standard InChI is InChI=1S/C10H20N.2HI.H3N/c1-5-9-11(7-3,8-4)10-6-2;;;/h5-6H,1-2,7-10H2,3-4H3;2*1H;1H3/q+1;;;/p-1. The molecule has 0 bridgehead atoms. The van der Waals surface area contributed by atoms with Crippen LogP contribution in [0.15, 0.2) is 25.3 Å². The van der Waals surface area contributed by atoms with Gasteiger partial charge in [0.15, 0.2) is 0 Å². The van der Waals surface area contributed by atoms with Gasteiger partial charge < -0.3 is 34.6 Å². The fourth-order valence-corrected chi connectivity index (χ4v) is 1.36. The molecule has 0 spiro atoms. The summed E-state index contributed by atoms with van der Waals surface area (Å²) in [5, 5.41) is 0. The number of rotatable bonds is 6. The summed E-state index contributed by atoms with van der Waals surface area (Å²) in [5.41, 5.74) is 0. The predicted octanol–water partition coefficient (Wildman–Crippen LogP) is -0.001000. The van der Waals surface area contributed by atoms with E-state index in [0.717, 1.165) is 30.7 Å². The molecule has 0 aliphatic rings. The van der Waals surface area contributed by atoms with Gasteiger partial charge in [-0.1, -0.05) is 13.2 Å². The number of hydrogen-bond donors (Lipinski definition) is 1. The van der Waals surface area contributed by atoms with Crippen LogP contribution in [0.3, 0.4) is 0 Å². The second-order valence-corrected chi connectivity index (χ2v) is 2.92. The van der Waals surface area contributed by atoms with Gasteiger partial charge in [0.1, 0.15) is 0 Å². The average Bonchev–Trinajstić information content (AvgIpc) is 2.04. The van der Waals surface area contributed by atoms with Crippen molar-refractivity contribution in [3.8, 4) is 0 Å². The van der Waals surface area contributed by atoms with Crippen molar-refractivity contribution in [3.63, 3.8) is 0 Å². The zero-order chi connectivity index (χ0) is 8.74. The first kappa shape index (κ1) is 24.2. The molecule has 0 atom stereocenters. The van der Waals surface area contributed by atoms with Crippen LogP contribution in [-0.2, 0) is 0 Å². The Morgan fingerprint density at radius 2 is 1.29 bits per heavy atom. The van der Waals surface area contributed by atoms with E-state index < -0.39 is 0 Å². The third kappa shape index (κ3) is 8.19. The molecule has 4 heteroatoms. The quantitative estimate of drug-likeness (QED) is 0.363. The fraction of sp³-hybridized carbons (Fsp3) is 0.600. The normalized spacial score (nSPS) is 8.71. The van der Waals surface area contributed by atoms with Gasteiger partial charge in [-0.15, -0.1) is 24.0 Å². The van der Waals surface area contributed by atoms with E-state index in [1.165, 1.54) is 0 Å². The highest BCUT2D eigenvalue weighted by Crippen LogP contribution is 2.05. The number of halogens is 2. The lowest BCUT2D eigenvalue weighted by Crippen LogP contribution is -3.00. The maximum atomic E-state index is 3.77. The van der Waals surface area contributed by atoms with Crippen LogP contribution in [0.2, 0.25) is 0 Å². The molecule has 3 N–H and O–H groups in total. The van der Waals surface area contributed by atoms with Gasteiger partial charge in [0, 0.05) is 0 Å². The minimum Gasteiger partial charge on any atom is -1.00 e. The van der Waals surface area contributed by atoms with Crippen LogP contribution < -0.4 is 30.1 Å². The van der Waals surface area contributed by atoms with Crippen LogP contribution >= 0.6 is 24.0 Å². The molecule has 0 aromatic rings. The zero-order valence-corrected chi connectivity index (χ0v) is 13.8. The summed E-state index contributed by atoms with van der Waals surface area (Å²) in [6.45, 7) is 16.4. The van der Waals surface area contributed by atoms with Crippen molar-refractivity contribution >= 4 is 24.0 Å². The Labute approximate surface area is 123 Å². The number of nitrogens with zero attached hydrogens (tertiary/aromatic N) is 1. The molecule has 0 heterocycles. The highest BCUT2D eigenvalue weighted by Gasteiger charge is 2.18. The molecule has 88 valence electrons. The predicted molar refractivity (Wildman–Crippen MR) is 71.9 cm³/mol. The molecule has 14 heavy (non-hydrogen) atoms. The molecule has 0 aliphatic carbocycles. The Bertz CT molecular complexity index is 122. The van der Waals surface area contributed by atoms with Gasteiger partial charge in [-0.05, 0) is 26.0 Å². The van der Waals surface area contributed by atoms with Crippen molar-refractivity contribution < 1.29 is 28.5 Å². The summed E-state index contributed by atoms with van der Waals surface area (Å²) in [4.78, 5) is 0. The maximum absolute atomic E-state index is 3.77. The molecule has 0 unspecified atom stereocenters. The minimum atomic E-state index is 0. The monoisotopic (exact) mass is 426 g/mol. The Kier molecular flexibility index (Phi) is 24.0. The van der Waals surface area contributed by atoms with Crippen molar-refractivity contribution in [2.45, 2.75) is 13.8 Å². The summed E-state index contributed by atoms with van der Waals surface area (Å²) in [7, 11) is 0. The first-order chi connectivity index (χ1) is 5.24. The summed E-state index contributed by atoms with van der Waals surface area (Å²) in [6.07, 6.45) is 3.99. The van der Waals surface area contributed by atoms with Crippen molar-refractivity contribution in [2.75, 3.05) is 26.2 Å². The second-order valence-electron chi connectivity index (χ2n) is 2.92. The second kappa shape index (κ2) is 13.9. The smallest absolute Gasteiger partial charge is 0.0973 e. The van der Waals surface area contributed by atoms with Crippen LogP contribution in [0.25, 0.3) is 0 Å². The third-order valence-electron chi connectivity index (χ3n) is 2.37. The maximum Gasteiger partial charge on any atom is 0.0973 e. The molecule has 2 nitrogen and oxygen atoms in total. The number of quaternary nitrogens is 1. The van der Waals surface area contributed by atoms with Gasteiger partial charge in [0.2, 0.25) is 0 Å². The molecule has 0 saturated carbocycles. The van der Waals surface area contributed by atoms with Crippen LogP contribution in [-0.4, -0.2) is 30.7 Å². The summed E-state index contributed by atoms with van der Waals surface area (Å²) < 4.78 is 1.09. The van der Waals surface area contributed by atoms with E-state index in [2.05, 4.69) is 27.0 Å². The van der Waals surface area contributed by atoms with Gasteiger partial charge >= 0.3 is 0 Å². The van der Waals surface area contributed by atoms with Gasteiger partial charge in [-0.3, -0.25) is 0 Å². The lowest BCUT2D eigenvalue weighted by Gasteiger charge is -2.34. The van der Waals surface area contributed by atoms with Crippen LogP contribution in [0.1, 0.15) is 13.8 Å². The van der Waals surface area contributed by atoms with Gasteiger partial charge in [-0.2, -0.15) is 0 Å². The molecule has 0 aromatic carbocycles. The zero-order valence-electron chi connectivity index (χ0n) is 9.34. The van der Waals surface area contributed by atoms with Gasteiger partial charge in [-0.25, -0.2) is 0 Å². The number of likely N-dealkylation sites (N-methyl/N-ethyl adjacent to an activating group) is 1. The Balaban J connectivity index is -0.000000167. The molecular formula is C10H24I2N2. The Hall–Kier alpha value is 0.860. The van der Waals surface area contributed by atoms with Crippen molar-refractivity contribution in [3.05, 3.63) is 25.3 Å². The van der Waals surface area contributed by atoms with Crippen molar-refractivity contribution in [1.82, 2.24) is 6.15 Å². The lowest BCUT2D eigenvalue weighted by atomic mass is 10.3. The highest BCUT2D eigenvalue weighted by atomic mass is 127. The van der Waals surface area contributed by atoms with E-state index in [1.54, 1.807) is 0 Å². The Morgan fingerprint density at radius 3 is 1.43 bits per heavy atom. The fourth-order valence-electron chi connectivity index (χ4n) is 1.36. The van der Waals surface area contributed by atoms with E-state index in [4.69, 9.17) is 0 Å². The van der Waals surface area contributed by atoms with Crippen LogP contribution in [0.4, 0.5) is 0 Å². The molecule has 0 aromatic heterocycles. The molecular weight excluding hydrogens is 402 g/mol. The first-order valence-electron chi connectivity index (χ1n) is 4.31. The Morgan fingerprint density at radius 1 is 1.00 bits per heavy atom. The van der Waals surface area contributed by atoms with Crippen molar-refractivity contribution in [2.24, 2.45) is 0 Å². The average molecular weight is 426 g/mol. The molecule has 0 amide bonds. The topological polar surface area (TPSA) is 35.0 Å². The summed E-state index contributed by atoms with van der Waals surface area (Å²) in [6, 6.07) is 0. The van der Waals surface area contributed by atoms with E-state index in [-0.39, 0.29) is 54.1 Å². The van der Waals surface area contributed by atoms with Crippen LogP contribution in [0.5, 0.6) is 0 Å². The van der Waals surface area contributed by atoms with E-state index in [0.29, 0.717) is 0 Å².